The number of hydrogen-bond donors (Lipinski definition) is 0. The quantitative estimate of drug-likeness (QED) is 0.0764. The summed E-state index contributed by atoms with van der Waals surface area (Å²) in [4.78, 5) is 21.6. The Labute approximate surface area is 240 Å². The van der Waals surface area contributed by atoms with E-state index in [9.17, 15) is 4.79 Å². The zero-order valence-electron chi connectivity index (χ0n) is 23.9. The predicted molar refractivity (Wildman–Crippen MR) is 161 cm³/mol. The highest BCUT2D eigenvalue weighted by Crippen LogP contribution is 2.27. The van der Waals surface area contributed by atoms with Gasteiger partial charge in [0.1, 0.15) is 5.52 Å². The third kappa shape index (κ3) is 7.08. The number of nitrogens with zero attached hydrogens (tertiary/aromatic N) is 5. The minimum absolute atomic E-state index is 0.0696. The van der Waals surface area contributed by atoms with Gasteiger partial charge in [-0.3, -0.25) is 0 Å². The van der Waals surface area contributed by atoms with Crippen LogP contribution >= 0.6 is 0 Å². The summed E-state index contributed by atoms with van der Waals surface area (Å²) in [5.74, 6) is 0.226. The average Bonchev–Trinajstić information content (AvgIpc) is 3.61. The van der Waals surface area contributed by atoms with E-state index in [0.29, 0.717) is 30.1 Å². The minimum atomic E-state index is -1.22. The Bertz CT molecular complexity index is 1610. The maximum atomic E-state index is 12.2. The lowest BCUT2D eigenvalue weighted by atomic mass is 10.0. The molecule has 0 radical (unpaired) electrons. The Hall–Kier alpha value is -4.28. The molecule has 0 aliphatic carbocycles. The van der Waals surface area contributed by atoms with Crippen molar-refractivity contribution in [3.05, 3.63) is 90.4 Å². The molecule has 0 amide bonds. The van der Waals surface area contributed by atoms with Crippen LogP contribution in [0.5, 0.6) is 5.88 Å². The highest BCUT2D eigenvalue weighted by Gasteiger charge is 2.18. The molecule has 3 aromatic heterocycles. The van der Waals surface area contributed by atoms with Gasteiger partial charge >= 0.3 is 5.97 Å². The maximum absolute atomic E-state index is 12.2. The summed E-state index contributed by atoms with van der Waals surface area (Å²) in [5.41, 5.74) is 5.26. The Morgan fingerprint density at radius 3 is 2.44 bits per heavy atom. The summed E-state index contributed by atoms with van der Waals surface area (Å²) >= 11 is 0. The Morgan fingerprint density at radius 1 is 0.951 bits per heavy atom. The average molecular weight is 570 g/mol. The first-order valence-electron chi connectivity index (χ1n) is 13.7. The summed E-state index contributed by atoms with van der Waals surface area (Å²) < 4.78 is 20.5. The molecule has 9 nitrogen and oxygen atoms in total. The fourth-order valence-corrected chi connectivity index (χ4v) is 5.07. The van der Waals surface area contributed by atoms with Gasteiger partial charge in [0.15, 0.2) is 6.79 Å². The number of esters is 1. The summed E-state index contributed by atoms with van der Waals surface area (Å²) in [6.07, 6.45) is 4.97. The molecule has 0 spiro atoms. The van der Waals surface area contributed by atoms with Gasteiger partial charge in [-0.25, -0.2) is 14.5 Å². The molecule has 0 unspecified atom stereocenters. The SMILES string of the molecule is CCOC(=O)c1cnn(-c2nc(OCOCC[Si](C)(C)C)c3c(ccn3Cc3ccc(-c4ccccc4)cc3)n2)c1. The second-order valence-corrected chi connectivity index (χ2v) is 16.6. The molecule has 0 saturated heterocycles. The summed E-state index contributed by atoms with van der Waals surface area (Å²) in [7, 11) is -1.22. The smallest absolute Gasteiger partial charge is 0.341 e. The van der Waals surface area contributed by atoms with Gasteiger partial charge < -0.3 is 18.8 Å². The standard InChI is InChI=1S/C31H35N5O4Si/c1-5-39-30(37)26-19-32-36(21-26)31-33-27-15-16-35(28(27)29(34-31)40-22-38-17-18-41(2,3)4)20-23-11-13-25(14-12-23)24-9-7-6-8-10-24/h6-16,19,21H,5,17-18,20,22H2,1-4H3. The molecular formula is C31H35N5O4Si. The van der Waals surface area contributed by atoms with Crippen molar-refractivity contribution in [3.63, 3.8) is 0 Å². The second kappa shape index (κ2) is 12.5. The molecule has 5 aromatic rings. The fraction of sp³-hybridized carbons (Fsp3) is 0.290. The Morgan fingerprint density at radius 2 is 1.71 bits per heavy atom. The van der Waals surface area contributed by atoms with E-state index >= 15 is 0 Å². The van der Waals surface area contributed by atoms with E-state index in [4.69, 9.17) is 19.2 Å². The molecule has 0 fully saturated rings. The van der Waals surface area contributed by atoms with E-state index < -0.39 is 14.0 Å². The van der Waals surface area contributed by atoms with Crippen molar-refractivity contribution >= 4 is 25.1 Å². The van der Waals surface area contributed by atoms with Crippen LogP contribution in [0.1, 0.15) is 22.8 Å². The van der Waals surface area contributed by atoms with Gasteiger partial charge in [0.05, 0.1) is 23.9 Å². The Kier molecular flexibility index (Phi) is 8.60. The van der Waals surface area contributed by atoms with Crippen molar-refractivity contribution in [3.8, 4) is 23.0 Å². The number of carbonyl (C=O) groups is 1. The topological polar surface area (TPSA) is 93.3 Å². The second-order valence-electron chi connectivity index (χ2n) is 10.9. The molecule has 0 saturated carbocycles. The number of benzene rings is 2. The zero-order valence-corrected chi connectivity index (χ0v) is 24.9. The third-order valence-electron chi connectivity index (χ3n) is 6.55. The van der Waals surface area contributed by atoms with Crippen molar-refractivity contribution in [2.45, 2.75) is 39.2 Å². The molecule has 0 atom stereocenters. The van der Waals surface area contributed by atoms with Crippen LogP contribution in [0, 0.1) is 0 Å². The van der Waals surface area contributed by atoms with Crippen LogP contribution in [0.15, 0.2) is 79.3 Å². The van der Waals surface area contributed by atoms with Gasteiger partial charge in [0.2, 0.25) is 5.88 Å². The van der Waals surface area contributed by atoms with E-state index in [-0.39, 0.29) is 19.3 Å². The van der Waals surface area contributed by atoms with Crippen LogP contribution in [-0.2, 0) is 16.0 Å². The molecule has 5 rings (SSSR count). The number of hydrogen-bond acceptors (Lipinski definition) is 7. The van der Waals surface area contributed by atoms with Crippen molar-refractivity contribution in [2.24, 2.45) is 0 Å². The normalized spacial score (nSPS) is 11.6. The highest BCUT2D eigenvalue weighted by atomic mass is 28.3. The molecule has 2 aromatic carbocycles. The first-order chi connectivity index (χ1) is 19.8. The van der Waals surface area contributed by atoms with Crippen LogP contribution in [0.3, 0.4) is 0 Å². The minimum Gasteiger partial charge on any atom is -0.462 e. The van der Waals surface area contributed by atoms with Crippen LogP contribution in [0.25, 0.3) is 28.1 Å². The Balaban J connectivity index is 1.42. The molecule has 41 heavy (non-hydrogen) atoms. The van der Waals surface area contributed by atoms with Crippen LogP contribution in [0.4, 0.5) is 0 Å². The largest absolute Gasteiger partial charge is 0.462 e. The van der Waals surface area contributed by atoms with Gasteiger partial charge in [-0.05, 0) is 35.7 Å². The monoisotopic (exact) mass is 569 g/mol. The lowest BCUT2D eigenvalue weighted by Gasteiger charge is -2.16. The highest BCUT2D eigenvalue weighted by molar-refractivity contribution is 6.76. The van der Waals surface area contributed by atoms with Crippen molar-refractivity contribution in [1.82, 2.24) is 24.3 Å². The van der Waals surface area contributed by atoms with Gasteiger partial charge in [-0.15, -0.1) is 0 Å². The third-order valence-corrected chi connectivity index (χ3v) is 8.26. The van der Waals surface area contributed by atoms with E-state index in [2.05, 4.69) is 70.7 Å². The van der Waals surface area contributed by atoms with Crippen LogP contribution in [-0.4, -0.2) is 58.4 Å². The lowest BCUT2D eigenvalue weighted by Crippen LogP contribution is -2.22. The first-order valence-corrected chi connectivity index (χ1v) is 17.5. The van der Waals surface area contributed by atoms with Crippen molar-refractivity contribution in [1.29, 1.82) is 0 Å². The van der Waals surface area contributed by atoms with Gasteiger partial charge in [-0.1, -0.05) is 74.2 Å². The fourth-order valence-electron chi connectivity index (χ4n) is 4.31. The molecule has 212 valence electrons. The molecular weight excluding hydrogens is 534 g/mol. The molecule has 0 aliphatic heterocycles. The van der Waals surface area contributed by atoms with E-state index in [1.54, 1.807) is 13.1 Å². The van der Waals surface area contributed by atoms with E-state index in [1.165, 1.54) is 22.0 Å². The number of rotatable bonds is 12. The van der Waals surface area contributed by atoms with Gasteiger partial charge in [0, 0.05) is 33.6 Å². The zero-order chi connectivity index (χ0) is 28.8. The molecule has 0 N–H and O–H groups in total. The number of carbonyl (C=O) groups excluding carboxylic acids is 1. The van der Waals surface area contributed by atoms with Gasteiger partial charge in [-0.2, -0.15) is 10.1 Å². The van der Waals surface area contributed by atoms with Crippen LogP contribution in [0.2, 0.25) is 25.7 Å². The van der Waals surface area contributed by atoms with Crippen LogP contribution < -0.4 is 4.74 Å². The van der Waals surface area contributed by atoms with Gasteiger partial charge in [0.25, 0.3) is 5.95 Å². The number of ether oxygens (including phenoxy) is 3. The summed E-state index contributed by atoms with van der Waals surface area (Å²) in [6.45, 7) is 10.3. The summed E-state index contributed by atoms with van der Waals surface area (Å²) in [5, 5.41) is 4.28. The molecule has 0 aliphatic rings. The van der Waals surface area contributed by atoms with Crippen molar-refractivity contribution in [2.75, 3.05) is 20.0 Å². The van der Waals surface area contributed by atoms with Crippen molar-refractivity contribution < 1.29 is 19.0 Å². The first kappa shape index (κ1) is 28.3. The maximum Gasteiger partial charge on any atom is 0.341 e. The summed E-state index contributed by atoms with van der Waals surface area (Å²) in [6, 6.07) is 21.8. The molecule has 10 heteroatoms. The lowest BCUT2D eigenvalue weighted by molar-refractivity contribution is 0.0200. The predicted octanol–water partition coefficient (Wildman–Crippen LogP) is 6.20. The molecule has 3 heterocycles. The van der Waals surface area contributed by atoms with E-state index in [1.807, 2.05) is 30.5 Å². The van der Waals surface area contributed by atoms with E-state index in [0.717, 1.165) is 17.1 Å². The number of aromatic nitrogens is 5. The molecule has 0 bridgehead atoms. The number of fused-ring (bicyclic) bond motifs is 1.